The molecule has 3 rings (SSSR count). The molecule has 2 heterocycles. The van der Waals surface area contributed by atoms with Crippen molar-refractivity contribution in [3.8, 4) is 5.75 Å². The number of rotatable bonds is 3. The number of β-amino-alcohol motifs (C(OH)–C–C–N with tert-alkyl or cyclic N) is 1. The van der Waals surface area contributed by atoms with Gasteiger partial charge in [0.05, 0.1) is 18.2 Å². The number of aliphatic hydroxyl groups is 2. The summed E-state index contributed by atoms with van der Waals surface area (Å²) in [4.78, 5) is 4.30. The third kappa shape index (κ3) is 2.40. The lowest BCUT2D eigenvalue weighted by atomic mass is 10.1. The number of nitrogens with one attached hydrogen (secondary N) is 1. The van der Waals surface area contributed by atoms with Crippen molar-refractivity contribution in [3.05, 3.63) is 36.5 Å². The van der Waals surface area contributed by atoms with Gasteiger partial charge in [0.15, 0.2) is 0 Å². The SMILES string of the molecule is OC1CNC(COc2cccc3cccnc23)C1O. The third-order valence-electron chi connectivity index (χ3n) is 3.41. The van der Waals surface area contributed by atoms with Gasteiger partial charge in [-0.2, -0.15) is 0 Å². The average Bonchev–Trinajstić information content (AvgIpc) is 2.76. The van der Waals surface area contributed by atoms with Crippen molar-refractivity contribution in [3.63, 3.8) is 0 Å². The summed E-state index contributed by atoms with van der Waals surface area (Å²) in [6, 6.07) is 9.34. The molecule has 0 spiro atoms. The molecule has 1 aromatic heterocycles. The van der Waals surface area contributed by atoms with Gasteiger partial charge in [-0.25, -0.2) is 0 Å². The Hall–Kier alpha value is -1.69. The van der Waals surface area contributed by atoms with Crippen molar-refractivity contribution in [1.29, 1.82) is 0 Å². The molecule has 1 aromatic carbocycles. The van der Waals surface area contributed by atoms with E-state index in [1.807, 2.05) is 30.3 Å². The molecule has 3 N–H and O–H groups in total. The minimum atomic E-state index is -0.789. The van der Waals surface area contributed by atoms with Gasteiger partial charge in [0.2, 0.25) is 0 Å². The van der Waals surface area contributed by atoms with Gasteiger partial charge >= 0.3 is 0 Å². The molecule has 5 nitrogen and oxygen atoms in total. The summed E-state index contributed by atoms with van der Waals surface area (Å²) in [6.07, 6.45) is 0.212. The number of ether oxygens (including phenoxy) is 1. The smallest absolute Gasteiger partial charge is 0.145 e. The Balaban J connectivity index is 1.75. The zero-order valence-corrected chi connectivity index (χ0v) is 10.4. The zero-order chi connectivity index (χ0) is 13.2. The van der Waals surface area contributed by atoms with Gasteiger partial charge in [-0.05, 0) is 12.1 Å². The predicted molar refractivity (Wildman–Crippen MR) is 71.0 cm³/mol. The molecule has 5 heteroatoms. The summed E-state index contributed by atoms with van der Waals surface area (Å²) < 4.78 is 5.73. The lowest BCUT2D eigenvalue weighted by Crippen LogP contribution is -2.38. The van der Waals surface area contributed by atoms with Crippen molar-refractivity contribution in [1.82, 2.24) is 10.3 Å². The molecular weight excluding hydrogens is 244 g/mol. The number of hydrogen-bond acceptors (Lipinski definition) is 5. The molecule has 1 fully saturated rings. The molecule has 0 saturated carbocycles. The van der Waals surface area contributed by atoms with E-state index in [-0.39, 0.29) is 6.04 Å². The Morgan fingerprint density at radius 3 is 2.89 bits per heavy atom. The fourth-order valence-electron chi connectivity index (χ4n) is 2.31. The Morgan fingerprint density at radius 2 is 2.11 bits per heavy atom. The third-order valence-corrected chi connectivity index (χ3v) is 3.41. The lowest BCUT2D eigenvalue weighted by Gasteiger charge is -2.17. The van der Waals surface area contributed by atoms with E-state index >= 15 is 0 Å². The molecule has 0 bridgehead atoms. The number of aromatic nitrogens is 1. The first-order valence-electron chi connectivity index (χ1n) is 6.32. The highest BCUT2D eigenvalue weighted by atomic mass is 16.5. The van der Waals surface area contributed by atoms with Crippen LogP contribution in [-0.4, -0.2) is 46.6 Å². The van der Waals surface area contributed by atoms with Crippen LogP contribution in [0, 0.1) is 0 Å². The highest BCUT2D eigenvalue weighted by molar-refractivity contribution is 5.84. The second-order valence-electron chi connectivity index (χ2n) is 4.71. The maximum atomic E-state index is 9.74. The fourth-order valence-corrected chi connectivity index (χ4v) is 2.31. The highest BCUT2D eigenvalue weighted by Crippen LogP contribution is 2.23. The fraction of sp³-hybridized carbons (Fsp3) is 0.357. The van der Waals surface area contributed by atoms with E-state index in [1.54, 1.807) is 6.20 Å². The first-order chi connectivity index (χ1) is 9.25. The summed E-state index contributed by atoms with van der Waals surface area (Å²) in [6.45, 7) is 0.691. The van der Waals surface area contributed by atoms with Crippen LogP contribution >= 0.6 is 0 Å². The monoisotopic (exact) mass is 260 g/mol. The van der Waals surface area contributed by atoms with E-state index in [2.05, 4.69) is 10.3 Å². The van der Waals surface area contributed by atoms with Crippen LogP contribution in [0.5, 0.6) is 5.75 Å². The van der Waals surface area contributed by atoms with Gasteiger partial charge in [0.1, 0.15) is 17.9 Å². The minimum absolute atomic E-state index is 0.256. The van der Waals surface area contributed by atoms with Gasteiger partial charge in [-0.1, -0.05) is 18.2 Å². The summed E-state index contributed by atoms with van der Waals surface area (Å²) in [5.74, 6) is 0.688. The number of benzene rings is 1. The van der Waals surface area contributed by atoms with Crippen LogP contribution in [0.15, 0.2) is 36.5 Å². The van der Waals surface area contributed by atoms with E-state index in [0.29, 0.717) is 18.9 Å². The quantitative estimate of drug-likeness (QED) is 0.740. The van der Waals surface area contributed by atoms with E-state index in [4.69, 9.17) is 4.74 Å². The maximum Gasteiger partial charge on any atom is 0.145 e. The van der Waals surface area contributed by atoms with Gasteiger partial charge in [-0.3, -0.25) is 4.98 Å². The molecule has 3 atom stereocenters. The van der Waals surface area contributed by atoms with E-state index in [0.717, 1.165) is 10.9 Å². The molecule has 3 unspecified atom stereocenters. The summed E-state index contributed by atoms with van der Waals surface area (Å²) in [5.41, 5.74) is 0.804. The Labute approximate surface area is 110 Å². The number of para-hydroxylation sites is 1. The summed E-state index contributed by atoms with van der Waals surface area (Å²) in [5, 5.41) is 23.2. The Bertz CT molecular complexity index is 570. The van der Waals surface area contributed by atoms with Crippen LogP contribution in [0.4, 0.5) is 0 Å². The normalized spacial score (nSPS) is 26.7. The largest absolute Gasteiger partial charge is 0.490 e. The van der Waals surface area contributed by atoms with Crippen molar-refractivity contribution in [2.24, 2.45) is 0 Å². The lowest BCUT2D eigenvalue weighted by molar-refractivity contribution is 0.0320. The van der Waals surface area contributed by atoms with Crippen LogP contribution in [-0.2, 0) is 0 Å². The van der Waals surface area contributed by atoms with Crippen LogP contribution in [0.25, 0.3) is 10.9 Å². The minimum Gasteiger partial charge on any atom is -0.490 e. The molecule has 1 aliphatic heterocycles. The van der Waals surface area contributed by atoms with Gasteiger partial charge < -0.3 is 20.3 Å². The number of hydrogen-bond donors (Lipinski definition) is 3. The van der Waals surface area contributed by atoms with E-state index < -0.39 is 12.2 Å². The van der Waals surface area contributed by atoms with Crippen LogP contribution in [0.1, 0.15) is 0 Å². The van der Waals surface area contributed by atoms with Gasteiger partial charge in [0, 0.05) is 18.1 Å². The molecule has 19 heavy (non-hydrogen) atoms. The number of aliphatic hydroxyl groups excluding tert-OH is 2. The van der Waals surface area contributed by atoms with Crippen molar-refractivity contribution in [2.75, 3.05) is 13.2 Å². The molecule has 2 aromatic rings. The molecule has 0 amide bonds. The van der Waals surface area contributed by atoms with Crippen molar-refractivity contribution < 1.29 is 14.9 Å². The second kappa shape index (κ2) is 5.13. The van der Waals surface area contributed by atoms with Gasteiger partial charge in [0.25, 0.3) is 0 Å². The van der Waals surface area contributed by atoms with Crippen molar-refractivity contribution >= 4 is 10.9 Å². The topological polar surface area (TPSA) is 74.6 Å². The Morgan fingerprint density at radius 1 is 1.26 bits per heavy atom. The highest BCUT2D eigenvalue weighted by Gasteiger charge is 2.33. The second-order valence-corrected chi connectivity index (χ2v) is 4.71. The molecule has 1 saturated heterocycles. The first kappa shape index (κ1) is 12.3. The van der Waals surface area contributed by atoms with Crippen LogP contribution in [0.2, 0.25) is 0 Å². The molecular formula is C14H16N2O3. The average molecular weight is 260 g/mol. The summed E-state index contributed by atoms with van der Waals surface area (Å²) >= 11 is 0. The van der Waals surface area contributed by atoms with Gasteiger partial charge in [-0.15, -0.1) is 0 Å². The molecule has 100 valence electrons. The van der Waals surface area contributed by atoms with Crippen LogP contribution in [0.3, 0.4) is 0 Å². The number of nitrogens with zero attached hydrogens (tertiary/aromatic N) is 1. The number of pyridine rings is 1. The maximum absolute atomic E-state index is 9.74. The van der Waals surface area contributed by atoms with E-state index in [1.165, 1.54) is 0 Å². The summed E-state index contributed by atoms with van der Waals surface area (Å²) in [7, 11) is 0. The zero-order valence-electron chi connectivity index (χ0n) is 10.4. The number of fused-ring (bicyclic) bond motifs is 1. The van der Waals surface area contributed by atoms with Crippen LogP contribution < -0.4 is 10.1 Å². The van der Waals surface area contributed by atoms with Crippen molar-refractivity contribution in [2.45, 2.75) is 18.2 Å². The Kier molecular flexibility index (Phi) is 3.33. The predicted octanol–water partition coefficient (Wildman–Crippen LogP) is 0.307. The molecule has 1 aliphatic rings. The standard InChI is InChI=1S/C14H16N2O3/c17-11-7-16-10(14(11)18)8-19-12-5-1-3-9-4-2-6-15-13(9)12/h1-6,10-11,14,16-18H,7-8H2. The van der Waals surface area contributed by atoms with E-state index in [9.17, 15) is 10.2 Å². The molecule has 0 radical (unpaired) electrons. The first-order valence-corrected chi connectivity index (χ1v) is 6.32. The molecule has 0 aliphatic carbocycles.